The zero-order valence-electron chi connectivity index (χ0n) is 16.0. The highest BCUT2D eigenvalue weighted by Crippen LogP contribution is 2.24. The molecule has 0 bridgehead atoms. The maximum atomic E-state index is 11.7. The van der Waals surface area contributed by atoms with Crippen molar-refractivity contribution in [2.45, 2.75) is 26.2 Å². The van der Waals surface area contributed by atoms with Crippen molar-refractivity contribution in [3.63, 3.8) is 0 Å². The van der Waals surface area contributed by atoms with E-state index in [0.29, 0.717) is 11.1 Å². The van der Waals surface area contributed by atoms with Crippen LogP contribution in [0.25, 0.3) is 0 Å². The zero-order valence-corrected chi connectivity index (χ0v) is 16.0. The first-order valence-electron chi connectivity index (χ1n) is 9.73. The number of ketones is 1. The van der Waals surface area contributed by atoms with Crippen LogP contribution >= 0.6 is 0 Å². The molecule has 1 heterocycles. The molecule has 2 aromatic carbocycles. The van der Waals surface area contributed by atoms with Crippen molar-refractivity contribution in [1.29, 1.82) is 5.26 Å². The lowest BCUT2D eigenvalue weighted by atomic mass is 10.1. The third-order valence-electron chi connectivity index (χ3n) is 5.24. The molecular formula is C23H27N3O. The zero-order chi connectivity index (χ0) is 19.1. The van der Waals surface area contributed by atoms with Crippen LogP contribution in [0.3, 0.4) is 0 Å². The molecule has 2 aromatic rings. The van der Waals surface area contributed by atoms with Crippen LogP contribution in [0.2, 0.25) is 0 Å². The third kappa shape index (κ3) is 5.18. The summed E-state index contributed by atoms with van der Waals surface area (Å²) in [6.45, 7) is 6.56. The van der Waals surface area contributed by atoms with Crippen molar-refractivity contribution < 1.29 is 4.79 Å². The van der Waals surface area contributed by atoms with Crippen molar-refractivity contribution in [3.05, 3.63) is 65.2 Å². The van der Waals surface area contributed by atoms with Gasteiger partial charge in [-0.05, 0) is 63.0 Å². The summed E-state index contributed by atoms with van der Waals surface area (Å²) in [5.74, 6) is 0.0399. The molecule has 0 radical (unpaired) electrons. The van der Waals surface area contributed by atoms with Gasteiger partial charge in [-0.15, -0.1) is 0 Å². The highest BCUT2D eigenvalue weighted by Gasteiger charge is 2.18. The molecule has 140 valence electrons. The maximum Gasteiger partial charge on any atom is 0.159 e. The summed E-state index contributed by atoms with van der Waals surface area (Å²) in [6.07, 6.45) is 3.34. The quantitative estimate of drug-likeness (QED) is 0.732. The Morgan fingerprint density at radius 1 is 1.07 bits per heavy atom. The first-order chi connectivity index (χ1) is 13.2. The first-order valence-corrected chi connectivity index (χ1v) is 9.73. The van der Waals surface area contributed by atoms with Crippen LogP contribution in [0.4, 0.5) is 5.69 Å². The second-order valence-corrected chi connectivity index (χ2v) is 7.17. The molecule has 0 aliphatic carbocycles. The van der Waals surface area contributed by atoms with E-state index in [9.17, 15) is 10.1 Å². The highest BCUT2D eigenvalue weighted by molar-refractivity contribution is 5.95. The van der Waals surface area contributed by atoms with E-state index in [1.54, 1.807) is 19.1 Å². The van der Waals surface area contributed by atoms with Gasteiger partial charge in [-0.3, -0.25) is 4.79 Å². The van der Waals surface area contributed by atoms with Crippen molar-refractivity contribution in [2.75, 3.05) is 37.6 Å². The van der Waals surface area contributed by atoms with Crippen molar-refractivity contribution in [3.8, 4) is 6.07 Å². The SMILES string of the molecule is CC(=O)c1ccc(C#N)c(N2CCCN(CCCc3ccccc3)CC2)c1. The van der Waals surface area contributed by atoms with Crippen LogP contribution in [0, 0.1) is 11.3 Å². The second kappa shape index (κ2) is 9.34. The summed E-state index contributed by atoms with van der Waals surface area (Å²) in [5, 5.41) is 9.45. The predicted octanol–water partition coefficient (Wildman–Crippen LogP) is 3.91. The summed E-state index contributed by atoms with van der Waals surface area (Å²) in [5.41, 5.74) is 3.62. The Hall–Kier alpha value is -2.64. The van der Waals surface area contributed by atoms with Gasteiger partial charge in [0, 0.05) is 25.2 Å². The number of Topliss-reactive ketones (excluding diaryl/α,β-unsaturated/α-hetero) is 1. The van der Waals surface area contributed by atoms with E-state index in [2.05, 4.69) is 46.2 Å². The van der Waals surface area contributed by atoms with Gasteiger partial charge in [0.05, 0.1) is 11.3 Å². The number of hydrogen-bond acceptors (Lipinski definition) is 4. The average molecular weight is 361 g/mol. The van der Waals surface area contributed by atoms with Gasteiger partial charge in [0.15, 0.2) is 5.78 Å². The van der Waals surface area contributed by atoms with Crippen molar-refractivity contribution in [2.24, 2.45) is 0 Å². The number of nitriles is 1. The predicted molar refractivity (Wildman–Crippen MR) is 109 cm³/mol. The minimum Gasteiger partial charge on any atom is -0.369 e. The summed E-state index contributed by atoms with van der Waals surface area (Å²) in [6, 6.07) is 18.3. The van der Waals surface area contributed by atoms with E-state index >= 15 is 0 Å². The fourth-order valence-corrected chi connectivity index (χ4v) is 3.69. The Balaban J connectivity index is 1.59. The molecule has 4 heteroatoms. The van der Waals surface area contributed by atoms with Crippen molar-refractivity contribution >= 4 is 11.5 Å². The van der Waals surface area contributed by atoms with Gasteiger partial charge in [-0.25, -0.2) is 0 Å². The Labute approximate surface area is 162 Å². The molecule has 1 aliphatic heterocycles. The molecule has 1 aliphatic rings. The van der Waals surface area contributed by atoms with Gasteiger partial charge >= 0.3 is 0 Å². The third-order valence-corrected chi connectivity index (χ3v) is 5.24. The second-order valence-electron chi connectivity index (χ2n) is 7.17. The molecule has 3 rings (SSSR count). The van der Waals surface area contributed by atoms with Gasteiger partial charge in [-0.1, -0.05) is 30.3 Å². The smallest absolute Gasteiger partial charge is 0.159 e. The van der Waals surface area contributed by atoms with Gasteiger partial charge in [0.25, 0.3) is 0 Å². The van der Waals surface area contributed by atoms with E-state index in [0.717, 1.165) is 57.7 Å². The van der Waals surface area contributed by atoms with Crippen LogP contribution < -0.4 is 4.90 Å². The maximum absolute atomic E-state index is 11.7. The van der Waals surface area contributed by atoms with Crippen molar-refractivity contribution in [1.82, 2.24) is 4.90 Å². The normalized spacial score (nSPS) is 15.2. The number of anilines is 1. The number of carbonyl (C=O) groups excluding carboxylic acids is 1. The van der Waals surface area contributed by atoms with Crippen LogP contribution in [0.15, 0.2) is 48.5 Å². The number of nitrogens with zero attached hydrogens (tertiary/aromatic N) is 3. The molecule has 1 fully saturated rings. The first kappa shape index (κ1) is 19.1. The Morgan fingerprint density at radius 3 is 2.63 bits per heavy atom. The summed E-state index contributed by atoms with van der Waals surface area (Å²) in [4.78, 5) is 16.5. The van der Waals surface area contributed by atoms with Gasteiger partial charge < -0.3 is 9.80 Å². The topological polar surface area (TPSA) is 47.3 Å². The van der Waals surface area contributed by atoms with E-state index in [1.165, 1.54) is 5.56 Å². The molecule has 0 atom stereocenters. The highest BCUT2D eigenvalue weighted by atomic mass is 16.1. The minimum atomic E-state index is 0.0399. The summed E-state index contributed by atoms with van der Waals surface area (Å²) < 4.78 is 0. The summed E-state index contributed by atoms with van der Waals surface area (Å²) >= 11 is 0. The fourth-order valence-electron chi connectivity index (χ4n) is 3.69. The molecule has 0 spiro atoms. The lowest BCUT2D eigenvalue weighted by molar-refractivity contribution is 0.101. The molecule has 4 nitrogen and oxygen atoms in total. The number of rotatable bonds is 6. The Morgan fingerprint density at radius 2 is 1.89 bits per heavy atom. The number of carbonyl (C=O) groups is 1. The van der Waals surface area contributed by atoms with Gasteiger partial charge in [0.1, 0.15) is 6.07 Å². The van der Waals surface area contributed by atoms with Crippen LogP contribution in [0.1, 0.15) is 41.3 Å². The molecule has 0 N–H and O–H groups in total. The Bertz CT molecular complexity index is 810. The Kier molecular flexibility index (Phi) is 6.62. The van der Waals surface area contributed by atoms with Crippen LogP contribution in [-0.4, -0.2) is 43.4 Å². The lowest BCUT2D eigenvalue weighted by Crippen LogP contribution is -2.32. The van der Waals surface area contributed by atoms with Gasteiger partial charge in [-0.2, -0.15) is 5.26 Å². The molecule has 0 saturated carbocycles. The van der Waals surface area contributed by atoms with Gasteiger partial charge in [0.2, 0.25) is 0 Å². The summed E-state index contributed by atoms with van der Waals surface area (Å²) in [7, 11) is 0. The number of hydrogen-bond donors (Lipinski definition) is 0. The lowest BCUT2D eigenvalue weighted by Gasteiger charge is -2.25. The molecule has 1 saturated heterocycles. The van der Waals surface area contributed by atoms with E-state index in [4.69, 9.17) is 0 Å². The molecule has 27 heavy (non-hydrogen) atoms. The molecule has 0 unspecified atom stereocenters. The monoisotopic (exact) mass is 361 g/mol. The fraction of sp³-hybridized carbons (Fsp3) is 0.391. The van der Waals surface area contributed by atoms with E-state index in [-0.39, 0.29) is 5.78 Å². The standard InChI is InChI=1S/C23H27N3O/c1-19(27)21-10-11-22(18-24)23(17-21)26-14-6-13-25(15-16-26)12-5-9-20-7-3-2-4-8-20/h2-4,7-8,10-11,17H,5-6,9,12-16H2,1H3. The largest absolute Gasteiger partial charge is 0.369 e. The van der Waals surface area contributed by atoms with Crippen LogP contribution in [0.5, 0.6) is 0 Å². The number of benzene rings is 2. The number of aryl methyl sites for hydroxylation is 1. The molecule has 0 aromatic heterocycles. The van der Waals surface area contributed by atoms with E-state index < -0.39 is 0 Å². The van der Waals surface area contributed by atoms with E-state index in [1.807, 2.05) is 6.07 Å². The molecule has 0 amide bonds. The van der Waals surface area contributed by atoms with Crippen LogP contribution in [-0.2, 0) is 6.42 Å². The molecular weight excluding hydrogens is 334 g/mol. The minimum absolute atomic E-state index is 0.0399. The average Bonchev–Trinajstić information content (AvgIpc) is 2.94.